The van der Waals surface area contributed by atoms with E-state index in [-0.39, 0.29) is 6.61 Å². The van der Waals surface area contributed by atoms with Crippen molar-refractivity contribution >= 4 is 6.08 Å². The number of ether oxygens (including phenoxy) is 1. The topological polar surface area (TPSA) is 29.5 Å². The van der Waals surface area contributed by atoms with E-state index in [1.54, 1.807) is 13.2 Å². The number of benzene rings is 1. The van der Waals surface area contributed by atoms with Crippen LogP contribution < -0.4 is 4.74 Å². The first-order valence-corrected chi connectivity index (χ1v) is 5.56. The zero-order valence-electron chi connectivity index (χ0n) is 10.3. The first-order valence-electron chi connectivity index (χ1n) is 5.56. The van der Waals surface area contributed by atoms with Gasteiger partial charge in [-0.3, -0.25) is 0 Å². The van der Waals surface area contributed by atoms with E-state index in [9.17, 15) is 0 Å². The molecule has 0 fully saturated rings. The van der Waals surface area contributed by atoms with Crippen molar-refractivity contribution in [2.24, 2.45) is 0 Å². The Morgan fingerprint density at radius 2 is 2.18 bits per heavy atom. The van der Waals surface area contributed by atoms with Crippen molar-refractivity contribution in [1.29, 1.82) is 0 Å². The summed E-state index contributed by atoms with van der Waals surface area (Å²) in [5, 5.41) is 8.71. The van der Waals surface area contributed by atoms with Crippen molar-refractivity contribution in [3.05, 3.63) is 59.7 Å². The fourth-order valence-corrected chi connectivity index (χ4v) is 1.37. The molecule has 0 saturated carbocycles. The Balaban J connectivity index is 2.78. The lowest BCUT2D eigenvalue weighted by atomic mass is 10.1. The van der Waals surface area contributed by atoms with Gasteiger partial charge < -0.3 is 9.84 Å². The molecule has 0 radical (unpaired) electrons. The Hall–Kier alpha value is -1.80. The molecule has 0 unspecified atom stereocenters. The quantitative estimate of drug-likeness (QED) is 0.787. The zero-order valence-corrected chi connectivity index (χ0v) is 10.3. The van der Waals surface area contributed by atoms with Crippen molar-refractivity contribution in [2.45, 2.75) is 6.92 Å². The molecule has 0 heterocycles. The van der Waals surface area contributed by atoms with E-state index in [1.165, 1.54) is 0 Å². The Labute approximate surface area is 103 Å². The minimum absolute atomic E-state index is 0.0599. The molecule has 0 aromatic heterocycles. The van der Waals surface area contributed by atoms with Gasteiger partial charge in [0.15, 0.2) is 0 Å². The molecule has 0 aliphatic carbocycles. The first kappa shape index (κ1) is 13.3. The number of rotatable bonds is 5. The molecule has 0 saturated heterocycles. The Morgan fingerprint density at radius 3 is 2.82 bits per heavy atom. The average molecular weight is 230 g/mol. The predicted molar refractivity (Wildman–Crippen MR) is 72.0 cm³/mol. The molecule has 0 aliphatic rings. The normalized spacial score (nSPS) is 12.5. The van der Waals surface area contributed by atoms with E-state index in [0.29, 0.717) is 0 Å². The van der Waals surface area contributed by atoms with Gasteiger partial charge in [0.05, 0.1) is 13.7 Å². The fraction of sp³-hybridized carbons (Fsp3) is 0.200. The minimum atomic E-state index is 0.0599. The van der Waals surface area contributed by atoms with Gasteiger partial charge in [-0.25, -0.2) is 0 Å². The van der Waals surface area contributed by atoms with E-state index >= 15 is 0 Å². The molecule has 0 atom stereocenters. The number of hydrogen-bond donors (Lipinski definition) is 1. The van der Waals surface area contributed by atoms with Crippen molar-refractivity contribution in [3.63, 3.8) is 0 Å². The van der Waals surface area contributed by atoms with Crippen LogP contribution in [0.15, 0.2) is 54.1 Å². The molecule has 2 nitrogen and oxygen atoms in total. The summed E-state index contributed by atoms with van der Waals surface area (Å²) in [5.74, 6) is 0.847. The second-order valence-electron chi connectivity index (χ2n) is 3.48. The van der Waals surface area contributed by atoms with Crippen LogP contribution in [0.2, 0.25) is 0 Å². The molecule has 0 bridgehead atoms. The highest BCUT2D eigenvalue weighted by atomic mass is 16.5. The SMILES string of the molecule is CC=C(C=CCO)C=Cc1cccc(OC)c1. The van der Waals surface area contributed by atoms with Gasteiger partial charge >= 0.3 is 0 Å². The van der Waals surface area contributed by atoms with E-state index in [2.05, 4.69) is 0 Å². The maximum atomic E-state index is 8.71. The zero-order chi connectivity index (χ0) is 12.5. The molecule has 0 spiro atoms. The van der Waals surface area contributed by atoms with Crippen LogP contribution in [0.25, 0.3) is 6.08 Å². The molecule has 90 valence electrons. The third-order valence-corrected chi connectivity index (χ3v) is 2.31. The van der Waals surface area contributed by atoms with Crippen LogP contribution in [0.5, 0.6) is 5.75 Å². The fourth-order valence-electron chi connectivity index (χ4n) is 1.37. The Morgan fingerprint density at radius 1 is 1.35 bits per heavy atom. The lowest BCUT2D eigenvalue weighted by molar-refractivity contribution is 0.342. The van der Waals surface area contributed by atoms with Crippen molar-refractivity contribution in [3.8, 4) is 5.75 Å². The highest BCUT2D eigenvalue weighted by Gasteiger charge is 1.91. The molecule has 1 aromatic rings. The van der Waals surface area contributed by atoms with Crippen molar-refractivity contribution in [2.75, 3.05) is 13.7 Å². The van der Waals surface area contributed by atoms with Crippen LogP contribution in [-0.2, 0) is 0 Å². The maximum Gasteiger partial charge on any atom is 0.119 e. The van der Waals surface area contributed by atoms with Gasteiger partial charge in [-0.2, -0.15) is 0 Å². The second-order valence-corrected chi connectivity index (χ2v) is 3.48. The van der Waals surface area contributed by atoms with E-state index < -0.39 is 0 Å². The number of methoxy groups -OCH3 is 1. The van der Waals surface area contributed by atoms with Gasteiger partial charge in [0.25, 0.3) is 0 Å². The van der Waals surface area contributed by atoms with Crippen LogP contribution in [-0.4, -0.2) is 18.8 Å². The Kier molecular flexibility index (Phi) is 5.83. The summed E-state index contributed by atoms with van der Waals surface area (Å²) >= 11 is 0. The molecular formula is C15H18O2. The largest absolute Gasteiger partial charge is 0.497 e. The van der Waals surface area contributed by atoms with Crippen LogP contribution >= 0.6 is 0 Å². The number of allylic oxidation sites excluding steroid dienone is 4. The van der Waals surface area contributed by atoms with Gasteiger partial charge in [-0.05, 0) is 30.2 Å². The summed E-state index contributed by atoms with van der Waals surface area (Å²) in [7, 11) is 1.66. The van der Waals surface area contributed by atoms with E-state index in [1.807, 2.05) is 55.5 Å². The third kappa shape index (κ3) is 4.70. The van der Waals surface area contributed by atoms with Crippen LogP contribution in [0.4, 0.5) is 0 Å². The second kappa shape index (κ2) is 7.47. The summed E-state index contributed by atoms with van der Waals surface area (Å²) in [4.78, 5) is 0. The van der Waals surface area contributed by atoms with Gasteiger partial charge in [0.2, 0.25) is 0 Å². The van der Waals surface area contributed by atoms with Crippen molar-refractivity contribution < 1.29 is 9.84 Å². The highest BCUT2D eigenvalue weighted by Crippen LogP contribution is 2.14. The van der Waals surface area contributed by atoms with E-state index in [4.69, 9.17) is 9.84 Å². The highest BCUT2D eigenvalue weighted by molar-refractivity contribution is 5.56. The smallest absolute Gasteiger partial charge is 0.119 e. The molecule has 1 rings (SSSR count). The number of hydrogen-bond acceptors (Lipinski definition) is 2. The summed E-state index contributed by atoms with van der Waals surface area (Å²) in [5.41, 5.74) is 2.14. The molecule has 1 N–H and O–H groups in total. The van der Waals surface area contributed by atoms with Gasteiger partial charge in [0.1, 0.15) is 5.75 Å². The Bertz CT molecular complexity index is 428. The number of aliphatic hydroxyl groups is 1. The van der Waals surface area contributed by atoms with Crippen LogP contribution in [0.1, 0.15) is 12.5 Å². The van der Waals surface area contributed by atoms with Crippen molar-refractivity contribution in [1.82, 2.24) is 0 Å². The summed E-state index contributed by atoms with van der Waals surface area (Å²) in [6, 6.07) is 7.86. The van der Waals surface area contributed by atoms with Gasteiger partial charge in [0, 0.05) is 0 Å². The lowest BCUT2D eigenvalue weighted by Gasteiger charge is -2.00. The summed E-state index contributed by atoms with van der Waals surface area (Å²) < 4.78 is 5.16. The number of aliphatic hydroxyl groups excluding tert-OH is 1. The summed E-state index contributed by atoms with van der Waals surface area (Å²) in [6.07, 6.45) is 9.60. The maximum absolute atomic E-state index is 8.71. The summed E-state index contributed by atoms with van der Waals surface area (Å²) in [6.45, 7) is 2.03. The lowest BCUT2D eigenvalue weighted by Crippen LogP contribution is -1.82. The average Bonchev–Trinajstić information content (AvgIpc) is 2.39. The van der Waals surface area contributed by atoms with Gasteiger partial charge in [-0.15, -0.1) is 0 Å². The standard InChI is InChI=1S/C15H18O2/c1-3-13(7-5-11-16)9-10-14-6-4-8-15(12-14)17-2/h3-10,12,16H,11H2,1-2H3. The monoisotopic (exact) mass is 230 g/mol. The molecule has 0 aliphatic heterocycles. The van der Waals surface area contributed by atoms with Crippen LogP contribution in [0, 0.1) is 0 Å². The molecule has 1 aromatic carbocycles. The minimum Gasteiger partial charge on any atom is -0.497 e. The van der Waals surface area contributed by atoms with E-state index in [0.717, 1.165) is 16.9 Å². The molecular weight excluding hydrogens is 212 g/mol. The third-order valence-electron chi connectivity index (χ3n) is 2.31. The molecule has 0 amide bonds. The first-order chi connectivity index (χ1) is 8.30. The molecule has 2 heteroatoms. The molecule has 17 heavy (non-hydrogen) atoms. The van der Waals surface area contributed by atoms with Gasteiger partial charge in [-0.1, -0.05) is 42.5 Å². The van der Waals surface area contributed by atoms with Crippen LogP contribution in [0.3, 0.4) is 0 Å². The predicted octanol–water partition coefficient (Wildman–Crippen LogP) is 3.20.